The van der Waals surface area contributed by atoms with Crippen molar-refractivity contribution in [3.8, 4) is 11.5 Å². The van der Waals surface area contributed by atoms with Gasteiger partial charge in [-0.1, -0.05) is 19.1 Å². The van der Waals surface area contributed by atoms with E-state index in [4.69, 9.17) is 9.47 Å². The van der Waals surface area contributed by atoms with E-state index < -0.39 is 12.2 Å². The maximum atomic E-state index is 10.2. The molecule has 2 aromatic carbocycles. The fourth-order valence-electron chi connectivity index (χ4n) is 3.36. The maximum Gasteiger partial charge on any atom is 0.127 e. The smallest absolute Gasteiger partial charge is 0.127 e. The SMILES string of the molecule is CCOc1ccc(Cc2cc(C3=CC(O)C(O)C(C)S3)c(OC)cc2C)cc1. The summed E-state index contributed by atoms with van der Waals surface area (Å²) in [5.74, 6) is 1.66. The average Bonchev–Trinajstić information content (AvgIpc) is 2.68. The third-order valence-corrected chi connectivity index (χ3v) is 6.28. The van der Waals surface area contributed by atoms with Gasteiger partial charge in [-0.3, -0.25) is 0 Å². The van der Waals surface area contributed by atoms with Crippen LogP contribution in [0.5, 0.6) is 11.5 Å². The standard InChI is InChI=1S/C23H28O4S/c1-5-27-18-8-6-16(7-9-18)11-17-12-19(21(26-4)10-14(17)2)22-13-20(24)23(25)15(3)28-22/h6-10,12-13,15,20,23-25H,5,11H2,1-4H3. The van der Waals surface area contributed by atoms with Gasteiger partial charge >= 0.3 is 0 Å². The van der Waals surface area contributed by atoms with E-state index in [-0.39, 0.29) is 5.25 Å². The molecule has 150 valence electrons. The van der Waals surface area contributed by atoms with Crippen LogP contribution < -0.4 is 9.47 Å². The van der Waals surface area contributed by atoms with Gasteiger partial charge in [0.2, 0.25) is 0 Å². The first-order chi connectivity index (χ1) is 13.4. The van der Waals surface area contributed by atoms with Gasteiger partial charge < -0.3 is 19.7 Å². The summed E-state index contributed by atoms with van der Waals surface area (Å²) in [4.78, 5) is 0.940. The minimum Gasteiger partial charge on any atom is -0.496 e. The Hall–Kier alpha value is -1.95. The van der Waals surface area contributed by atoms with Crippen LogP contribution in [-0.4, -0.2) is 41.4 Å². The summed E-state index contributed by atoms with van der Waals surface area (Å²) >= 11 is 1.56. The number of methoxy groups -OCH3 is 1. The molecule has 4 nitrogen and oxygen atoms in total. The van der Waals surface area contributed by atoms with E-state index in [0.717, 1.165) is 34.0 Å². The molecular formula is C23H28O4S. The zero-order valence-electron chi connectivity index (χ0n) is 16.8. The largest absolute Gasteiger partial charge is 0.496 e. The second kappa shape index (κ2) is 9.03. The van der Waals surface area contributed by atoms with Crippen LogP contribution in [0.2, 0.25) is 0 Å². The molecule has 1 heterocycles. The quantitative estimate of drug-likeness (QED) is 0.761. The van der Waals surface area contributed by atoms with Gasteiger partial charge in [0, 0.05) is 15.7 Å². The number of aryl methyl sites for hydroxylation is 1. The Kier molecular flexibility index (Phi) is 6.70. The lowest BCUT2D eigenvalue weighted by molar-refractivity contribution is 0.0497. The molecule has 28 heavy (non-hydrogen) atoms. The maximum absolute atomic E-state index is 10.2. The molecule has 1 aliphatic heterocycles. The summed E-state index contributed by atoms with van der Waals surface area (Å²) in [6, 6.07) is 12.4. The van der Waals surface area contributed by atoms with E-state index >= 15 is 0 Å². The first-order valence-corrected chi connectivity index (χ1v) is 10.4. The molecule has 2 aromatic rings. The predicted octanol–water partition coefficient (Wildman–Crippen LogP) is 4.19. The molecule has 1 aliphatic rings. The van der Waals surface area contributed by atoms with E-state index in [1.54, 1.807) is 24.9 Å². The van der Waals surface area contributed by atoms with Gasteiger partial charge in [0.1, 0.15) is 17.6 Å². The van der Waals surface area contributed by atoms with Crippen LogP contribution >= 0.6 is 11.8 Å². The van der Waals surface area contributed by atoms with E-state index in [2.05, 4.69) is 25.1 Å². The second-order valence-electron chi connectivity index (χ2n) is 7.07. The van der Waals surface area contributed by atoms with Gasteiger partial charge in [-0.05, 0) is 67.3 Å². The van der Waals surface area contributed by atoms with Crippen LogP contribution in [0.4, 0.5) is 0 Å². The molecule has 0 aromatic heterocycles. The average molecular weight is 401 g/mol. The lowest BCUT2D eigenvalue weighted by atomic mass is 9.96. The molecule has 0 amide bonds. The summed E-state index contributed by atoms with van der Waals surface area (Å²) in [6.45, 7) is 6.64. The topological polar surface area (TPSA) is 58.9 Å². The van der Waals surface area contributed by atoms with Crippen molar-refractivity contribution in [2.75, 3.05) is 13.7 Å². The van der Waals surface area contributed by atoms with Crippen molar-refractivity contribution in [1.82, 2.24) is 0 Å². The van der Waals surface area contributed by atoms with Crippen molar-refractivity contribution in [2.45, 2.75) is 44.6 Å². The molecule has 3 unspecified atom stereocenters. The molecule has 3 atom stereocenters. The van der Waals surface area contributed by atoms with Gasteiger partial charge in [0.05, 0.1) is 19.8 Å². The summed E-state index contributed by atoms with van der Waals surface area (Å²) in [5.41, 5.74) is 4.52. The Labute approximate surface area is 171 Å². The highest BCUT2D eigenvalue weighted by atomic mass is 32.2. The molecule has 0 fully saturated rings. The zero-order valence-corrected chi connectivity index (χ0v) is 17.6. The summed E-state index contributed by atoms with van der Waals surface area (Å²) in [7, 11) is 1.66. The molecule has 0 aliphatic carbocycles. The lowest BCUT2D eigenvalue weighted by Gasteiger charge is -2.29. The first kappa shape index (κ1) is 20.8. The highest BCUT2D eigenvalue weighted by Gasteiger charge is 2.30. The molecule has 0 saturated carbocycles. The first-order valence-electron chi connectivity index (χ1n) is 9.57. The fraction of sp³-hybridized carbons (Fsp3) is 0.391. The normalized spacial score (nSPS) is 21.9. The number of ether oxygens (including phenoxy) is 2. The number of aliphatic hydroxyl groups is 2. The number of rotatable bonds is 6. The van der Waals surface area contributed by atoms with E-state index in [9.17, 15) is 10.2 Å². The van der Waals surface area contributed by atoms with Gasteiger partial charge in [0.25, 0.3) is 0 Å². The number of benzene rings is 2. The number of thioether (sulfide) groups is 1. The van der Waals surface area contributed by atoms with Crippen LogP contribution in [0.3, 0.4) is 0 Å². The Morgan fingerprint density at radius 2 is 1.82 bits per heavy atom. The summed E-state index contributed by atoms with van der Waals surface area (Å²) < 4.78 is 11.1. The fourth-order valence-corrected chi connectivity index (χ4v) is 4.57. The molecule has 0 saturated heterocycles. The van der Waals surface area contributed by atoms with E-state index in [1.807, 2.05) is 32.0 Å². The molecule has 5 heteroatoms. The Bertz CT molecular complexity index is 844. The summed E-state index contributed by atoms with van der Waals surface area (Å²) in [5, 5.41) is 20.1. The van der Waals surface area contributed by atoms with Gasteiger partial charge in [0.15, 0.2) is 0 Å². The monoisotopic (exact) mass is 400 g/mol. The van der Waals surface area contributed by atoms with Crippen LogP contribution in [0.25, 0.3) is 4.91 Å². The van der Waals surface area contributed by atoms with Gasteiger partial charge in [-0.2, -0.15) is 0 Å². The van der Waals surface area contributed by atoms with Crippen LogP contribution in [0.15, 0.2) is 42.5 Å². The minimum atomic E-state index is -0.869. The van der Waals surface area contributed by atoms with Crippen molar-refractivity contribution >= 4 is 16.7 Å². The van der Waals surface area contributed by atoms with Crippen LogP contribution in [0, 0.1) is 6.92 Å². The highest BCUT2D eigenvalue weighted by Crippen LogP contribution is 2.42. The Balaban J connectivity index is 1.93. The predicted molar refractivity (Wildman–Crippen MR) is 115 cm³/mol. The third-order valence-electron chi connectivity index (χ3n) is 5.02. The minimum absolute atomic E-state index is 0.0874. The molecule has 0 radical (unpaired) electrons. The van der Waals surface area contributed by atoms with E-state index in [1.165, 1.54) is 11.1 Å². The van der Waals surface area contributed by atoms with E-state index in [0.29, 0.717) is 6.61 Å². The highest BCUT2D eigenvalue weighted by molar-refractivity contribution is 8.09. The molecule has 3 rings (SSSR count). The summed E-state index contributed by atoms with van der Waals surface area (Å²) in [6.07, 6.45) is 0.900. The number of hydrogen-bond donors (Lipinski definition) is 2. The van der Waals surface area contributed by atoms with Crippen molar-refractivity contribution in [3.63, 3.8) is 0 Å². The molecule has 2 N–H and O–H groups in total. The third kappa shape index (κ3) is 4.54. The zero-order chi connectivity index (χ0) is 20.3. The van der Waals surface area contributed by atoms with Gasteiger partial charge in [-0.25, -0.2) is 0 Å². The Morgan fingerprint density at radius 3 is 2.43 bits per heavy atom. The van der Waals surface area contributed by atoms with Crippen molar-refractivity contribution in [1.29, 1.82) is 0 Å². The van der Waals surface area contributed by atoms with Crippen LogP contribution in [0.1, 0.15) is 36.1 Å². The van der Waals surface area contributed by atoms with Crippen molar-refractivity contribution in [3.05, 3.63) is 64.7 Å². The number of hydrogen-bond acceptors (Lipinski definition) is 5. The van der Waals surface area contributed by atoms with Crippen molar-refractivity contribution < 1.29 is 19.7 Å². The number of aliphatic hydroxyl groups excluding tert-OH is 2. The van der Waals surface area contributed by atoms with Gasteiger partial charge in [-0.15, -0.1) is 11.8 Å². The lowest BCUT2D eigenvalue weighted by Crippen LogP contribution is -2.35. The molecule has 0 spiro atoms. The second-order valence-corrected chi connectivity index (χ2v) is 8.49. The molecular weight excluding hydrogens is 372 g/mol. The molecule has 0 bridgehead atoms. The Morgan fingerprint density at radius 1 is 1.11 bits per heavy atom. The van der Waals surface area contributed by atoms with Crippen LogP contribution in [-0.2, 0) is 6.42 Å². The van der Waals surface area contributed by atoms with Crippen molar-refractivity contribution in [2.24, 2.45) is 0 Å².